The lowest BCUT2D eigenvalue weighted by Gasteiger charge is -2.12. The van der Waals surface area contributed by atoms with Gasteiger partial charge in [-0.2, -0.15) is 13.2 Å². The number of pyridine rings is 1. The van der Waals surface area contributed by atoms with Crippen LogP contribution in [0.1, 0.15) is 28.2 Å². The number of hydrogen-bond donors (Lipinski definition) is 0. The van der Waals surface area contributed by atoms with Crippen LogP contribution in [-0.4, -0.2) is 18.1 Å². The molecular weight excluding hydrogens is 268 g/mol. The van der Waals surface area contributed by atoms with E-state index in [1.165, 1.54) is 0 Å². The average molecular weight is 273 g/mol. The minimum absolute atomic E-state index is 0.0617. The summed E-state index contributed by atoms with van der Waals surface area (Å²) >= 11 is 0. The van der Waals surface area contributed by atoms with Crippen LogP contribution < -0.4 is 0 Å². The molecule has 0 spiro atoms. The highest BCUT2D eigenvalue weighted by Crippen LogP contribution is 2.33. The van der Waals surface area contributed by atoms with Crippen LogP contribution in [0.3, 0.4) is 0 Å². The Morgan fingerprint density at radius 1 is 1.39 bits per heavy atom. The topological polar surface area (TPSA) is 39.2 Å². The number of carbonyl (C=O) groups excluding carboxylic acids is 1. The molecule has 0 unspecified atom stereocenters. The van der Waals surface area contributed by atoms with Crippen LogP contribution in [0, 0.1) is 5.82 Å². The van der Waals surface area contributed by atoms with Crippen LogP contribution in [0.2, 0.25) is 0 Å². The second kappa shape index (κ2) is 4.83. The summed E-state index contributed by atoms with van der Waals surface area (Å²) in [5.74, 6) is -3.41. The molecule has 0 saturated heterocycles. The number of halogens is 6. The number of methoxy groups -OCH3 is 1. The predicted molar refractivity (Wildman–Crippen MR) is 45.5 cm³/mol. The Balaban J connectivity index is 3.55. The molecule has 0 aliphatic rings. The lowest BCUT2D eigenvalue weighted by molar-refractivity contribution is -0.142. The molecule has 0 aromatic carbocycles. The van der Waals surface area contributed by atoms with E-state index in [4.69, 9.17) is 0 Å². The van der Waals surface area contributed by atoms with Gasteiger partial charge in [0.25, 0.3) is 6.43 Å². The maximum atomic E-state index is 13.3. The second-order valence-corrected chi connectivity index (χ2v) is 3.04. The molecule has 0 aliphatic heterocycles. The number of hydrogen-bond acceptors (Lipinski definition) is 3. The van der Waals surface area contributed by atoms with E-state index in [0.29, 0.717) is 0 Å². The molecule has 3 nitrogen and oxygen atoms in total. The molecule has 0 atom stereocenters. The zero-order chi connectivity index (χ0) is 14.1. The van der Waals surface area contributed by atoms with Crippen LogP contribution in [0.4, 0.5) is 26.3 Å². The third-order valence-electron chi connectivity index (χ3n) is 1.87. The van der Waals surface area contributed by atoms with Crippen molar-refractivity contribution in [3.05, 3.63) is 28.8 Å². The highest BCUT2D eigenvalue weighted by atomic mass is 19.4. The van der Waals surface area contributed by atoms with Gasteiger partial charge in [0, 0.05) is 6.07 Å². The van der Waals surface area contributed by atoms with Crippen molar-refractivity contribution in [2.45, 2.75) is 12.6 Å². The number of rotatable bonds is 2. The van der Waals surface area contributed by atoms with Crippen molar-refractivity contribution in [3.8, 4) is 0 Å². The first kappa shape index (κ1) is 14.3. The molecule has 0 amide bonds. The third kappa shape index (κ3) is 2.71. The summed E-state index contributed by atoms with van der Waals surface area (Å²) in [5, 5.41) is 0. The van der Waals surface area contributed by atoms with E-state index in [9.17, 15) is 31.1 Å². The van der Waals surface area contributed by atoms with E-state index in [1.54, 1.807) is 0 Å². The van der Waals surface area contributed by atoms with E-state index < -0.39 is 41.3 Å². The van der Waals surface area contributed by atoms with Crippen LogP contribution in [-0.2, 0) is 10.9 Å². The Morgan fingerprint density at radius 3 is 2.33 bits per heavy atom. The molecule has 0 radical (unpaired) electrons. The van der Waals surface area contributed by atoms with Crippen molar-refractivity contribution in [1.29, 1.82) is 0 Å². The summed E-state index contributed by atoms with van der Waals surface area (Å²) in [6.07, 6.45) is -8.65. The van der Waals surface area contributed by atoms with Gasteiger partial charge in [-0.3, -0.25) is 0 Å². The zero-order valence-electron chi connectivity index (χ0n) is 8.69. The maximum absolute atomic E-state index is 13.3. The number of carbonyl (C=O) groups is 1. The highest BCUT2D eigenvalue weighted by Gasteiger charge is 2.40. The van der Waals surface area contributed by atoms with Crippen molar-refractivity contribution in [2.75, 3.05) is 7.11 Å². The minimum Gasteiger partial charge on any atom is -0.465 e. The minimum atomic E-state index is -5.25. The molecule has 0 fully saturated rings. The number of alkyl halides is 5. The zero-order valence-corrected chi connectivity index (χ0v) is 8.69. The molecule has 0 aliphatic carbocycles. The van der Waals surface area contributed by atoms with Crippen molar-refractivity contribution < 1.29 is 35.9 Å². The molecule has 0 saturated carbocycles. The Bertz CT molecular complexity index is 471. The fraction of sp³-hybridized carbons (Fsp3) is 0.333. The van der Waals surface area contributed by atoms with Crippen molar-refractivity contribution >= 4 is 5.97 Å². The Hall–Kier alpha value is -1.80. The molecule has 9 heteroatoms. The van der Waals surface area contributed by atoms with Gasteiger partial charge in [0.05, 0.1) is 7.11 Å². The first-order valence-corrected chi connectivity index (χ1v) is 4.32. The van der Waals surface area contributed by atoms with Gasteiger partial charge in [-0.15, -0.1) is 0 Å². The quantitative estimate of drug-likeness (QED) is 0.614. The largest absolute Gasteiger partial charge is 0.465 e. The maximum Gasteiger partial charge on any atom is 0.434 e. The number of ether oxygens (including phenoxy) is 1. The van der Waals surface area contributed by atoms with Gasteiger partial charge in [-0.25, -0.2) is 22.9 Å². The predicted octanol–water partition coefficient (Wildman–Crippen LogP) is 2.96. The summed E-state index contributed by atoms with van der Waals surface area (Å²) in [4.78, 5) is 13.6. The fourth-order valence-corrected chi connectivity index (χ4v) is 1.15. The van der Waals surface area contributed by atoms with E-state index in [2.05, 4.69) is 9.72 Å². The summed E-state index contributed by atoms with van der Waals surface area (Å²) in [6, 6.07) is 0.0617. The van der Waals surface area contributed by atoms with E-state index >= 15 is 0 Å². The normalized spacial score (nSPS) is 11.8. The van der Waals surface area contributed by atoms with Gasteiger partial charge >= 0.3 is 12.1 Å². The molecule has 1 rings (SSSR count). The van der Waals surface area contributed by atoms with Gasteiger partial charge in [-0.05, 0) is 0 Å². The van der Waals surface area contributed by atoms with E-state index in [0.717, 1.165) is 7.11 Å². The second-order valence-electron chi connectivity index (χ2n) is 3.04. The first-order valence-electron chi connectivity index (χ1n) is 4.32. The molecule has 0 N–H and O–H groups in total. The molecule has 100 valence electrons. The Labute approximate surface area is 96.4 Å². The van der Waals surface area contributed by atoms with Crippen LogP contribution in [0.15, 0.2) is 6.07 Å². The van der Waals surface area contributed by atoms with Gasteiger partial charge in [0.15, 0.2) is 5.69 Å². The average Bonchev–Trinajstić information content (AvgIpc) is 2.25. The summed E-state index contributed by atoms with van der Waals surface area (Å²) in [6.45, 7) is 0. The van der Waals surface area contributed by atoms with Gasteiger partial charge in [0.1, 0.15) is 17.1 Å². The molecule has 1 heterocycles. The van der Waals surface area contributed by atoms with Crippen molar-refractivity contribution in [3.63, 3.8) is 0 Å². The first-order chi connectivity index (χ1) is 8.18. The SMILES string of the molecule is COC(=O)c1c(F)cc(C(F)F)nc1C(F)(F)F. The molecule has 0 bridgehead atoms. The van der Waals surface area contributed by atoms with Crippen LogP contribution in [0.5, 0.6) is 0 Å². The Morgan fingerprint density at radius 2 is 1.94 bits per heavy atom. The molecular formula is C9H5F6NO2. The molecule has 1 aromatic rings. The van der Waals surface area contributed by atoms with Crippen LogP contribution >= 0.6 is 0 Å². The van der Waals surface area contributed by atoms with E-state index in [1.807, 2.05) is 0 Å². The number of esters is 1. The Kier molecular flexibility index (Phi) is 3.82. The third-order valence-corrected chi connectivity index (χ3v) is 1.87. The molecule has 1 aromatic heterocycles. The van der Waals surface area contributed by atoms with Gasteiger partial charge in [-0.1, -0.05) is 0 Å². The van der Waals surface area contributed by atoms with Crippen molar-refractivity contribution in [1.82, 2.24) is 4.98 Å². The van der Waals surface area contributed by atoms with E-state index in [-0.39, 0.29) is 6.07 Å². The molecule has 18 heavy (non-hydrogen) atoms. The summed E-state index contributed by atoms with van der Waals surface area (Å²) in [5.41, 5.74) is -4.97. The lowest BCUT2D eigenvalue weighted by Crippen LogP contribution is -2.19. The standard InChI is InChI=1S/C9H5F6NO2/c1-18-8(17)5-3(10)2-4(7(11)12)16-6(5)9(13,14)15/h2,7H,1H3. The van der Waals surface area contributed by atoms with Gasteiger partial charge < -0.3 is 4.74 Å². The summed E-state index contributed by atoms with van der Waals surface area (Å²) in [7, 11) is 0.725. The van der Waals surface area contributed by atoms with Crippen molar-refractivity contribution in [2.24, 2.45) is 0 Å². The monoisotopic (exact) mass is 273 g/mol. The fourth-order valence-electron chi connectivity index (χ4n) is 1.15. The summed E-state index contributed by atoms with van der Waals surface area (Å²) < 4.78 is 79.1. The highest BCUT2D eigenvalue weighted by molar-refractivity contribution is 5.91. The smallest absolute Gasteiger partial charge is 0.434 e. The number of aromatic nitrogens is 1. The van der Waals surface area contributed by atoms with Gasteiger partial charge in [0.2, 0.25) is 0 Å². The number of nitrogens with zero attached hydrogens (tertiary/aromatic N) is 1. The lowest BCUT2D eigenvalue weighted by atomic mass is 10.1. The van der Waals surface area contributed by atoms with Crippen LogP contribution in [0.25, 0.3) is 0 Å².